The zero-order valence-electron chi connectivity index (χ0n) is 10.0. The van der Waals surface area contributed by atoms with Gasteiger partial charge < -0.3 is 8.85 Å². The molecular formula is C12H20O2Si. The zero-order valence-corrected chi connectivity index (χ0v) is 11.0. The molecule has 2 nitrogen and oxygen atoms in total. The Bertz CT molecular complexity index is 310. The Kier molecular flexibility index (Phi) is 4.36. The quantitative estimate of drug-likeness (QED) is 0.713. The van der Waals surface area contributed by atoms with E-state index < -0.39 is 8.56 Å². The molecule has 1 aromatic carbocycles. The molecule has 1 aromatic rings. The molecule has 0 radical (unpaired) electrons. The van der Waals surface area contributed by atoms with Crippen LogP contribution < -0.4 is 4.43 Å². The van der Waals surface area contributed by atoms with Gasteiger partial charge in [0.25, 0.3) is 0 Å². The summed E-state index contributed by atoms with van der Waals surface area (Å²) in [6.45, 7) is 9.10. The predicted octanol–water partition coefficient (Wildman–Crippen LogP) is 3.50. The largest absolute Gasteiger partial charge is 0.520 e. The Balaban J connectivity index is 2.60. The summed E-state index contributed by atoms with van der Waals surface area (Å²) in [4.78, 5) is 0. The van der Waals surface area contributed by atoms with Crippen LogP contribution in [0.5, 0.6) is 5.75 Å². The fourth-order valence-corrected chi connectivity index (χ4v) is 2.79. The lowest BCUT2D eigenvalue weighted by Crippen LogP contribution is -2.38. The number of aryl methyl sites for hydroxylation is 1. The Labute approximate surface area is 93.5 Å². The molecule has 0 saturated heterocycles. The second-order valence-electron chi connectivity index (χ2n) is 4.17. The van der Waals surface area contributed by atoms with Crippen LogP contribution in [0, 0.1) is 6.92 Å². The third-order valence-electron chi connectivity index (χ3n) is 2.01. The summed E-state index contributed by atoms with van der Waals surface area (Å²) < 4.78 is 11.6. The van der Waals surface area contributed by atoms with Crippen molar-refractivity contribution in [2.24, 2.45) is 0 Å². The van der Waals surface area contributed by atoms with Gasteiger partial charge in [-0.25, -0.2) is 0 Å². The monoisotopic (exact) mass is 224 g/mol. The lowest BCUT2D eigenvalue weighted by molar-refractivity contribution is 0.248. The van der Waals surface area contributed by atoms with E-state index in [1.807, 2.05) is 18.2 Å². The standard InChI is InChI=1S/C12H20O2Si/c1-5-9-13-15(3,4)14-12-8-6-7-11(2)10-12/h6-8,10H,5,9H2,1-4H3. The minimum absolute atomic E-state index is 0.783. The van der Waals surface area contributed by atoms with Gasteiger partial charge in [-0.1, -0.05) is 19.1 Å². The molecule has 0 aromatic heterocycles. The van der Waals surface area contributed by atoms with Gasteiger partial charge in [0.05, 0.1) is 0 Å². The summed E-state index contributed by atoms with van der Waals surface area (Å²) >= 11 is 0. The fourth-order valence-electron chi connectivity index (χ4n) is 1.34. The van der Waals surface area contributed by atoms with Gasteiger partial charge in [0.2, 0.25) is 0 Å². The van der Waals surface area contributed by atoms with Gasteiger partial charge in [-0.05, 0) is 44.1 Å². The van der Waals surface area contributed by atoms with Crippen LogP contribution in [0.3, 0.4) is 0 Å². The molecule has 0 atom stereocenters. The molecule has 0 heterocycles. The molecule has 0 N–H and O–H groups in total. The highest BCUT2D eigenvalue weighted by Gasteiger charge is 2.26. The molecule has 0 unspecified atom stereocenters. The minimum Gasteiger partial charge on any atom is -0.520 e. The molecule has 3 heteroatoms. The molecule has 0 aliphatic rings. The molecule has 1 rings (SSSR count). The third kappa shape index (κ3) is 4.49. The first kappa shape index (κ1) is 12.3. The summed E-state index contributed by atoms with van der Waals surface area (Å²) in [6.07, 6.45) is 1.04. The minimum atomic E-state index is -1.99. The van der Waals surface area contributed by atoms with Gasteiger partial charge in [0.1, 0.15) is 5.75 Å². The van der Waals surface area contributed by atoms with Crippen molar-refractivity contribution in [3.8, 4) is 5.75 Å². The van der Waals surface area contributed by atoms with Crippen molar-refractivity contribution in [2.45, 2.75) is 33.4 Å². The first-order valence-electron chi connectivity index (χ1n) is 5.43. The summed E-state index contributed by atoms with van der Waals surface area (Å²) in [6, 6.07) is 8.10. The van der Waals surface area contributed by atoms with Crippen molar-refractivity contribution in [3.63, 3.8) is 0 Å². The molecule has 0 aliphatic carbocycles. The van der Waals surface area contributed by atoms with Crippen molar-refractivity contribution in [3.05, 3.63) is 29.8 Å². The van der Waals surface area contributed by atoms with E-state index in [1.54, 1.807) is 0 Å². The molecular weight excluding hydrogens is 204 g/mol. The van der Waals surface area contributed by atoms with Crippen LogP contribution >= 0.6 is 0 Å². The number of benzene rings is 1. The van der Waals surface area contributed by atoms with Gasteiger partial charge >= 0.3 is 8.56 Å². The van der Waals surface area contributed by atoms with E-state index in [0.717, 1.165) is 18.8 Å². The maximum atomic E-state index is 5.90. The highest BCUT2D eigenvalue weighted by molar-refractivity contribution is 6.65. The molecule has 0 bridgehead atoms. The predicted molar refractivity (Wildman–Crippen MR) is 65.5 cm³/mol. The van der Waals surface area contributed by atoms with Crippen LogP contribution in [-0.4, -0.2) is 15.2 Å². The Morgan fingerprint density at radius 3 is 2.60 bits per heavy atom. The molecule has 0 spiro atoms. The smallest absolute Gasteiger partial charge is 0.392 e. The topological polar surface area (TPSA) is 18.5 Å². The van der Waals surface area contributed by atoms with E-state index >= 15 is 0 Å². The maximum Gasteiger partial charge on any atom is 0.392 e. The number of hydrogen-bond donors (Lipinski definition) is 0. The van der Waals surface area contributed by atoms with E-state index in [2.05, 4.69) is 33.0 Å². The van der Waals surface area contributed by atoms with Gasteiger partial charge in [0.15, 0.2) is 0 Å². The number of rotatable bonds is 5. The first-order chi connectivity index (χ1) is 7.03. The number of hydrogen-bond acceptors (Lipinski definition) is 2. The van der Waals surface area contributed by atoms with E-state index in [-0.39, 0.29) is 0 Å². The lowest BCUT2D eigenvalue weighted by Gasteiger charge is -2.23. The van der Waals surface area contributed by atoms with Crippen LogP contribution in [0.15, 0.2) is 24.3 Å². The van der Waals surface area contributed by atoms with Gasteiger partial charge in [-0.3, -0.25) is 0 Å². The summed E-state index contributed by atoms with van der Waals surface area (Å²) in [5, 5.41) is 0. The van der Waals surface area contributed by atoms with Crippen LogP contribution in [-0.2, 0) is 4.43 Å². The molecule has 0 amide bonds. The molecule has 0 saturated carbocycles. The molecule has 15 heavy (non-hydrogen) atoms. The Morgan fingerprint density at radius 2 is 2.00 bits per heavy atom. The SMILES string of the molecule is CCCO[Si](C)(C)Oc1cccc(C)c1. The molecule has 84 valence electrons. The average Bonchev–Trinajstić information content (AvgIpc) is 2.14. The fraction of sp³-hybridized carbons (Fsp3) is 0.500. The van der Waals surface area contributed by atoms with Crippen LogP contribution in [0.1, 0.15) is 18.9 Å². The van der Waals surface area contributed by atoms with Gasteiger partial charge in [-0.2, -0.15) is 0 Å². The van der Waals surface area contributed by atoms with Crippen molar-refractivity contribution in [1.29, 1.82) is 0 Å². The van der Waals surface area contributed by atoms with Crippen LogP contribution in [0.25, 0.3) is 0 Å². The highest BCUT2D eigenvalue weighted by Crippen LogP contribution is 2.18. The summed E-state index contributed by atoms with van der Waals surface area (Å²) in [5.74, 6) is 0.919. The molecule has 0 aliphatic heterocycles. The summed E-state index contributed by atoms with van der Waals surface area (Å²) in [5.41, 5.74) is 1.22. The van der Waals surface area contributed by atoms with Crippen LogP contribution in [0.4, 0.5) is 0 Å². The van der Waals surface area contributed by atoms with Crippen molar-refractivity contribution < 1.29 is 8.85 Å². The second kappa shape index (κ2) is 5.33. The third-order valence-corrected chi connectivity index (χ3v) is 3.63. The van der Waals surface area contributed by atoms with E-state index in [4.69, 9.17) is 8.85 Å². The van der Waals surface area contributed by atoms with Crippen molar-refractivity contribution in [2.75, 3.05) is 6.61 Å². The zero-order chi connectivity index (χ0) is 11.3. The van der Waals surface area contributed by atoms with Gasteiger partial charge in [-0.15, -0.1) is 0 Å². The lowest BCUT2D eigenvalue weighted by atomic mass is 10.2. The van der Waals surface area contributed by atoms with E-state index in [1.165, 1.54) is 5.56 Å². The summed E-state index contributed by atoms with van der Waals surface area (Å²) in [7, 11) is -1.99. The first-order valence-corrected chi connectivity index (χ1v) is 8.25. The van der Waals surface area contributed by atoms with E-state index in [0.29, 0.717) is 0 Å². The Hall–Kier alpha value is -0.803. The van der Waals surface area contributed by atoms with Crippen molar-refractivity contribution in [1.82, 2.24) is 0 Å². The highest BCUT2D eigenvalue weighted by atomic mass is 28.4. The maximum absolute atomic E-state index is 5.90. The van der Waals surface area contributed by atoms with E-state index in [9.17, 15) is 0 Å². The average molecular weight is 224 g/mol. The molecule has 0 fully saturated rings. The Morgan fingerprint density at radius 1 is 1.27 bits per heavy atom. The second-order valence-corrected chi connectivity index (χ2v) is 7.46. The normalized spacial score (nSPS) is 11.5. The van der Waals surface area contributed by atoms with Crippen LogP contribution in [0.2, 0.25) is 13.1 Å². The van der Waals surface area contributed by atoms with Crippen molar-refractivity contribution >= 4 is 8.56 Å². The van der Waals surface area contributed by atoms with Gasteiger partial charge in [0, 0.05) is 6.61 Å².